The summed E-state index contributed by atoms with van der Waals surface area (Å²) < 4.78 is 30.1. The van der Waals surface area contributed by atoms with E-state index in [9.17, 15) is 4.39 Å². The fourth-order valence-electron chi connectivity index (χ4n) is 2.25. The molecule has 0 saturated heterocycles. The van der Waals surface area contributed by atoms with E-state index >= 15 is 0 Å². The summed E-state index contributed by atoms with van der Waals surface area (Å²) in [6, 6.07) is 7.75. The monoisotopic (exact) mass is 453 g/mol. The van der Waals surface area contributed by atoms with Crippen molar-refractivity contribution in [1.29, 1.82) is 0 Å². The Morgan fingerprint density at radius 3 is 2.74 bits per heavy atom. The van der Waals surface area contributed by atoms with Crippen molar-refractivity contribution in [3.8, 4) is 11.5 Å². The number of hydrogen-bond donors (Lipinski definition) is 1. The number of anilines is 1. The van der Waals surface area contributed by atoms with Gasteiger partial charge in [0.2, 0.25) is 5.89 Å². The minimum absolute atomic E-state index is 0.00314. The number of rotatable bonds is 6. The van der Waals surface area contributed by atoms with Gasteiger partial charge in [-0.05, 0) is 51.8 Å². The van der Waals surface area contributed by atoms with Crippen molar-refractivity contribution < 1.29 is 18.3 Å². The molecule has 0 amide bonds. The SMILES string of the molecule is COc1cc(/C=C/c2nnc(N)o2)cc(Br)c1OCc1ccc(F)cc1Cl. The van der Waals surface area contributed by atoms with E-state index in [0.717, 1.165) is 5.56 Å². The Bertz CT molecular complexity index is 994. The van der Waals surface area contributed by atoms with Gasteiger partial charge in [-0.25, -0.2) is 4.39 Å². The Balaban J connectivity index is 1.80. The van der Waals surface area contributed by atoms with E-state index in [-0.39, 0.29) is 18.5 Å². The normalized spacial score (nSPS) is 11.1. The lowest BCUT2D eigenvalue weighted by molar-refractivity contribution is 0.282. The zero-order valence-corrected chi connectivity index (χ0v) is 16.4. The molecule has 0 bridgehead atoms. The van der Waals surface area contributed by atoms with E-state index in [1.54, 1.807) is 24.3 Å². The molecule has 9 heteroatoms. The van der Waals surface area contributed by atoms with E-state index in [1.807, 2.05) is 6.07 Å². The number of ether oxygens (including phenoxy) is 2. The van der Waals surface area contributed by atoms with Gasteiger partial charge in [0.25, 0.3) is 0 Å². The first-order chi connectivity index (χ1) is 13.0. The topological polar surface area (TPSA) is 83.4 Å². The highest BCUT2D eigenvalue weighted by Gasteiger charge is 2.12. The van der Waals surface area contributed by atoms with Gasteiger partial charge >= 0.3 is 6.01 Å². The lowest BCUT2D eigenvalue weighted by atomic mass is 10.2. The Hall–Kier alpha value is -2.58. The van der Waals surface area contributed by atoms with Crippen molar-refractivity contribution in [2.45, 2.75) is 6.61 Å². The summed E-state index contributed by atoms with van der Waals surface area (Å²) in [4.78, 5) is 0. The van der Waals surface area contributed by atoms with E-state index in [1.165, 1.54) is 19.2 Å². The van der Waals surface area contributed by atoms with Crippen LogP contribution in [0.2, 0.25) is 5.02 Å². The molecule has 2 N–H and O–H groups in total. The van der Waals surface area contributed by atoms with Gasteiger partial charge in [-0.15, -0.1) is 5.10 Å². The standard InChI is InChI=1S/C18H14BrClFN3O3/c1-25-15-7-10(2-5-16-23-24-18(22)27-16)6-13(19)17(15)26-9-11-3-4-12(21)8-14(11)20/h2-8H,9H2,1H3,(H2,22,24)/b5-2+. The van der Waals surface area contributed by atoms with Crippen LogP contribution in [0, 0.1) is 5.82 Å². The molecule has 0 radical (unpaired) electrons. The van der Waals surface area contributed by atoms with Crippen LogP contribution in [0.15, 0.2) is 39.2 Å². The Morgan fingerprint density at radius 1 is 1.26 bits per heavy atom. The number of aromatic nitrogens is 2. The fourth-order valence-corrected chi connectivity index (χ4v) is 3.04. The molecule has 3 rings (SSSR count). The predicted molar refractivity (Wildman–Crippen MR) is 104 cm³/mol. The number of benzene rings is 2. The molecule has 140 valence electrons. The maximum atomic E-state index is 13.2. The third-order valence-corrected chi connectivity index (χ3v) is 4.45. The number of methoxy groups -OCH3 is 1. The van der Waals surface area contributed by atoms with Gasteiger partial charge in [-0.1, -0.05) is 22.8 Å². The van der Waals surface area contributed by atoms with Gasteiger partial charge in [0.15, 0.2) is 11.5 Å². The lowest BCUT2D eigenvalue weighted by Crippen LogP contribution is -2.00. The number of nitrogen functional groups attached to an aromatic ring is 1. The third kappa shape index (κ3) is 4.78. The first kappa shape index (κ1) is 19.2. The van der Waals surface area contributed by atoms with Crippen LogP contribution >= 0.6 is 27.5 Å². The number of hydrogen-bond acceptors (Lipinski definition) is 6. The van der Waals surface area contributed by atoms with E-state index in [4.69, 9.17) is 31.2 Å². The maximum absolute atomic E-state index is 13.2. The van der Waals surface area contributed by atoms with Crippen LogP contribution in [0.1, 0.15) is 17.0 Å². The molecule has 0 aliphatic rings. The molecule has 1 aromatic heterocycles. The van der Waals surface area contributed by atoms with Crippen LogP contribution in [0.4, 0.5) is 10.4 Å². The lowest BCUT2D eigenvalue weighted by Gasteiger charge is -2.14. The minimum atomic E-state index is -0.401. The first-order valence-corrected chi connectivity index (χ1v) is 8.84. The quantitative estimate of drug-likeness (QED) is 0.566. The zero-order chi connectivity index (χ0) is 19.4. The summed E-state index contributed by atoms with van der Waals surface area (Å²) in [7, 11) is 1.53. The van der Waals surface area contributed by atoms with Crippen LogP contribution in [0.3, 0.4) is 0 Å². The van der Waals surface area contributed by atoms with E-state index in [0.29, 0.717) is 26.6 Å². The van der Waals surface area contributed by atoms with Crippen LogP contribution in [-0.2, 0) is 6.61 Å². The molecule has 2 aromatic carbocycles. The second-order valence-corrected chi connectivity index (χ2v) is 6.63. The van der Waals surface area contributed by atoms with Crippen molar-refractivity contribution >= 4 is 45.7 Å². The van der Waals surface area contributed by atoms with Crippen molar-refractivity contribution in [3.05, 3.63) is 62.7 Å². The molecule has 0 fully saturated rings. The molecule has 0 aliphatic heterocycles. The number of nitrogens with zero attached hydrogens (tertiary/aromatic N) is 2. The largest absolute Gasteiger partial charge is 0.493 e. The summed E-state index contributed by atoms with van der Waals surface area (Å²) in [6.07, 6.45) is 3.39. The smallest absolute Gasteiger partial charge is 0.313 e. The molecule has 6 nitrogen and oxygen atoms in total. The van der Waals surface area contributed by atoms with Crippen molar-refractivity contribution in [1.82, 2.24) is 10.2 Å². The molecule has 0 unspecified atom stereocenters. The number of nitrogens with two attached hydrogens (primary N) is 1. The third-order valence-electron chi connectivity index (χ3n) is 3.51. The van der Waals surface area contributed by atoms with Gasteiger partial charge < -0.3 is 19.6 Å². The predicted octanol–water partition coefficient (Wildman–Crippen LogP) is 4.96. The second kappa shape index (κ2) is 8.41. The van der Waals surface area contributed by atoms with Crippen molar-refractivity contribution in [2.24, 2.45) is 0 Å². The van der Waals surface area contributed by atoms with Gasteiger partial charge in [0, 0.05) is 11.6 Å². The van der Waals surface area contributed by atoms with Gasteiger partial charge in [0.05, 0.1) is 16.6 Å². The maximum Gasteiger partial charge on any atom is 0.313 e. The fraction of sp³-hybridized carbons (Fsp3) is 0.111. The summed E-state index contributed by atoms with van der Waals surface area (Å²) in [5.74, 6) is 0.889. The molecule has 0 saturated carbocycles. The van der Waals surface area contributed by atoms with Gasteiger partial charge in [-0.3, -0.25) is 0 Å². The zero-order valence-electron chi connectivity index (χ0n) is 14.1. The van der Waals surface area contributed by atoms with Crippen LogP contribution < -0.4 is 15.2 Å². The van der Waals surface area contributed by atoms with Crippen LogP contribution in [-0.4, -0.2) is 17.3 Å². The summed E-state index contributed by atoms with van der Waals surface area (Å²) >= 11 is 9.50. The molecular weight excluding hydrogens is 441 g/mol. The summed E-state index contributed by atoms with van der Waals surface area (Å²) in [5.41, 5.74) is 6.85. The molecule has 0 spiro atoms. The minimum Gasteiger partial charge on any atom is -0.493 e. The Kier molecular flexibility index (Phi) is 5.98. The molecule has 3 aromatic rings. The highest BCUT2D eigenvalue weighted by atomic mass is 79.9. The highest BCUT2D eigenvalue weighted by Crippen LogP contribution is 2.38. The second-order valence-electron chi connectivity index (χ2n) is 5.37. The highest BCUT2D eigenvalue weighted by molar-refractivity contribution is 9.10. The average molecular weight is 455 g/mol. The van der Waals surface area contributed by atoms with Crippen molar-refractivity contribution in [2.75, 3.05) is 12.8 Å². The van der Waals surface area contributed by atoms with Gasteiger partial charge in [-0.2, -0.15) is 0 Å². The summed E-state index contributed by atoms with van der Waals surface area (Å²) in [6.45, 7) is 0.157. The summed E-state index contributed by atoms with van der Waals surface area (Å²) in [5, 5.41) is 7.63. The Morgan fingerprint density at radius 2 is 2.07 bits per heavy atom. The van der Waals surface area contributed by atoms with E-state index < -0.39 is 5.82 Å². The average Bonchev–Trinajstić information content (AvgIpc) is 3.05. The Labute approximate surface area is 167 Å². The van der Waals surface area contributed by atoms with Crippen LogP contribution in [0.25, 0.3) is 12.2 Å². The molecule has 0 atom stereocenters. The van der Waals surface area contributed by atoms with Gasteiger partial charge in [0.1, 0.15) is 12.4 Å². The molecule has 27 heavy (non-hydrogen) atoms. The molecule has 1 heterocycles. The van der Waals surface area contributed by atoms with Crippen molar-refractivity contribution in [3.63, 3.8) is 0 Å². The molecular formula is C18H14BrClFN3O3. The first-order valence-electron chi connectivity index (χ1n) is 7.67. The van der Waals surface area contributed by atoms with Crippen LogP contribution in [0.5, 0.6) is 11.5 Å². The number of halogens is 3. The molecule has 0 aliphatic carbocycles. The van der Waals surface area contributed by atoms with E-state index in [2.05, 4.69) is 26.1 Å².